The van der Waals surface area contributed by atoms with Gasteiger partial charge in [0.1, 0.15) is 0 Å². The Labute approximate surface area is 188 Å². The number of aromatic nitrogens is 4. The molecule has 4 heterocycles. The fourth-order valence-electron chi connectivity index (χ4n) is 3.30. The molecule has 1 aliphatic rings. The van der Waals surface area contributed by atoms with Gasteiger partial charge >= 0.3 is 6.01 Å². The first kappa shape index (κ1) is 20.0. The van der Waals surface area contributed by atoms with Crippen molar-refractivity contribution in [3.05, 3.63) is 53.0 Å². The molecule has 32 heavy (non-hydrogen) atoms. The van der Waals surface area contributed by atoms with Gasteiger partial charge in [-0.3, -0.25) is 0 Å². The van der Waals surface area contributed by atoms with E-state index in [9.17, 15) is 0 Å². The van der Waals surface area contributed by atoms with E-state index < -0.39 is 0 Å². The average molecular weight is 449 g/mol. The van der Waals surface area contributed by atoms with Crippen molar-refractivity contribution in [1.82, 2.24) is 19.9 Å². The van der Waals surface area contributed by atoms with Gasteiger partial charge < -0.3 is 24.3 Å². The van der Waals surface area contributed by atoms with Crippen LogP contribution in [-0.2, 0) is 6.54 Å². The fraction of sp³-hybridized carbons (Fsp3) is 0.182. The summed E-state index contributed by atoms with van der Waals surface area (Å²) < 4.78 is 21.4. The van der Waals surface area contributed by atoms with Crippen molar-refractivity contribution in [2.75, 3.05) is 26.3 Å². The van der Waals surface area contributed by atoms with Gasteiger partial charge in [-0.1, -0.05) is 6.07 Å². The summed E-state index contributed by atoms with van der Waals surface area (Å²) in [5.41, 5.74) is 4.18. The van der Waals surface area contributed by atoms with Crippen LogP contribution in [0.1, 0.15) is 5.56 Å². The number of methoxy groups -OCH3 is 2. The largest absolute Gasteiger partial charge is 0.480 e. The molecule has 0 spiro atoms. The molecule has 9 nitrogen and oxygen atoms in total. The lowest BCUT2D eigenvalue weighted by Gasteiger charge is -2.13. The number of hydrogen-bond donors (Lipinski definition) is 1. The Morgan fingerprint density at radius 3 is 2.69 bits per heavy atom. The van der Waals surface area contributed by atoms with E-state index in [1.54, 1.807) is 30.8 Å². The molecule has 5 rings (SSSR count). The number of thiophene rings is 1. The third-order valence-corrected chi connectivity index (χ3v) is 5.55. The summed E-state index contributed by atoms with van der Waals surface area (Å²) in [5.74, 6) is 2.32. The van der Waals surface area contributed by atoms with Gasteiger partial charge in [0.15, 0.2) is 11.5 Å². The lowest BCUT2D eigenvalue weighted by Crippen LogP contribution is -2.06. The Hall–Kier alpha value is -3.92. The molecule has 0 bridgehead atoms. The third-order valence-electron chi connectivity index (χ3n) is 4.87. The topological polar surface area (TPSA) is 101 Å². The van der Waals surface area contributed by atoms with E-state index in [2.05, 4.69) is 20.3 Å². The second-order valence-corrected chi connectivity index (χ2v) is 7.57. The number of hydrogen-bond acceptors (Lipinski definition) is 10. The van der Waals surface area contributed by atoms with Gasteiger partial charge in [0, 0.05) is 24.5 Å². The number of ether oxygens (including phenoxy) is 4. The summed E-state index contributed by atoms with van der Waals surface area (Å²) >= 11 is 1.60. The fourth-order valence-corrected chi connectivity index (χ4v) is 3.96. The van der Waals surface area contributed by atoms with Crippen molar-refractivity contribution in [1.29, 1.82) is 0 Å². The van der Waals surface area contributed by atoms with Crippen LogP contribution in [0.15, 0.2) is 47.4 Å². The van der Waals surface area contributed by atoms with E-state index in [1.807, 2.05) is 35.0 Å². The summed E-state index contributed by atoms with van der Waals surface area (Å²) in [7, 11) is 3.06. The summed E-state index contributed by atoms with van der Waals surface area (Å²) in [6.07, 6.45) is 3.43. The number of anilines is 1. The van der Waals surface area contributed by atoms with Crippen LogP contribution in [0.25, 0.3) is 22.4 Å². The van der Waals surface area contributed by atoms with Crippen molar-refractivity contribution in [3.8, 4) is 45.8 Å². The predicted octanol–water partition coefficient (Wildman–Crippen LogP) is 4.02. The van der Waals surface area contributed by atoms with Crippen LogP contribution in [-0.4, -0.2) is 40.9 Å². The van der Waals surface area contributed by atoms with E-state index in [0.717, 1.165) is 28.2 Å². The zero-order valence-electron chi connectivity index (χ0n) is 17.4. The second kappa shape index (κ2) is 8.67. The smallest absolute Gasteiger partial charge is 0.319 e. The SMILES string of the molecule is COc1ncc(-c2nc(NCc3ccc4c(c3)OCO4)ncc2-c2ccsc2)c(OC)n1. The first-order valence-corrected chi connectivity index (χ1v) is 10.7. The van der Waals surface area contributed by atoms with Crippen molar-refractivity contribution in [2.24, 2.45) is 0 Å². The van der Waals surface area contributed by atoms with E-state index in [1.165, 1.54) is 7.11 Å². The van der Waals surface area contributed by atoms with Crippen LogP contribution < -0.4 is 24.3 Å². The first-order chi connectivity index (χ1) is 15.7. The molecular formula is C22H19N5O4S. The van der Waals surface area contributed by atoms with E-state index >= 15 is 0 Å². The van der Waals surface area contributed by atoms with Crippen LogP contribution >= 0.6 is 11.3 Å². The molecule has 0 atom stereocenters. The summed E-state index contributed by atoms with van der Waals surface area (Å²) in [4.78, 5) is 17.8. The van der Waals surface area contributed by atoms with Crippen molar-refractivity contribution in [3.63, 3.8) is 0 Å². The highest BCUT2D eigenvalue weighted by molar-refractivity contribution is 7.08. The standard InChI is InChI=1S/C22H19N5O4S/c1-28-20-16(10-25-22(27-20)29-2)19-15(14-5-6-32-11-14)9-24-21(26-19)23-8-13-3-4-17-18(7-13)31-12-30-17/h3-7,9-11H,8,12H2,1-2H3,(H,23,24,26). The van der Waals surface area contributed by atoms with E-state index in [4.69, 9.17) is 23.9 Å². The van der Waals surface area contributed by atoms with Crippen LogP contribution in [0.3, 0.4) is 0 Å². The highest BCUT2D eigenvalue weighted by Crippen LogP contribution is 2.36. The quantitative estimate of drug-likeness (QED) is 0.448. The molecular weight excluding hydrogens is 430 g/mol. The Balaban J connectivity index is 1.49. The van der Waals surface area contributed by atoms with Gasteiger partial charge in [-0.2, -0.15) is 16.3 Å². The molecule has 0 amide bonds. The predicted molar refractivity (Wildman–Crippen MR) is 119 cm³/mol. The first-order valence-electron chi connectivity index (χ1n) is 9.72. The Bertz CT molecular complexity index is 1250. The van der Waals surface area contributed by atoms with Crippen LogP contribution in [0.5, 0.6) is 23.4 Å². The minimum atomic E-state index is 0.220. The maximum absolute atomic E-state index is 5.49. The molecule has 0 saturated heterocycles. The number of nitrogens with zero attached hydrogens (tertiary/aromatic N) is 4. The minimum Gasteiger partial charge on any atom is -0.480 e. The van der Waals surface area contributed by atoms with Gasteiger partial charge in [0.25, 0.3) is 0 Å². The number of fused-ring (bicyclic) bond motifs is 1. The molecule has 4 aromatic rings. The lowest BCUT2D eigenvalue weighted by molar-refractivity contribution is 0.174. The Kier molecular flexibility index (Phi) is 5.42. The highest BCUT2D eigenvalue weighted by Gasteiger charge is 2.19. The molecule has 1 N–H and O–H groups in total. The Morgan fingerprint density at radius 2 is 1.88 bits per heavy atom. The lowest BCUT2D eigenvalue weighted by atomic mass is 10.1. The minimum absolute atomic E-state index is 0.220. The van der Waals surface area contributed by atoms with Gasteiger partial charge in [0.05, 0.1) is 25.5 Å². The number of rotatable bonds is 7. The molecule has 10 heteroatoms. The zero-order valence-corrected chi connectivity index (χ0v) is 18.2. The summed E-state index contributed by atoms with van der Waals surface area (Å²) in [6.45, 7) is 0.763. The molecule has 1 aromatic carbocycles. The molecule has 0 unspecified atom stereocenters. The van der Waals surface area contributed by atoms with Crippen molar-refractivity contribution in [2.45, 2.75) is 6.54 Å². The average Bonchev–Trinajstić information content (AvgIpc) is 3.54. The van der Waals surface area contributed by atoms with Crippen LogP contribution in [0.2, 0.25) is 0 Å². The van der Waals surface area contributed by atoms with Gasteiger partial charge in [0.2, 0.25) is 18.6 Å². The summed E-state index contributed by atoms with van der Waals surface area (Å²) in [5, 5.41) is 7.32. The van der Waals surface area contributed by atoms with Crippen molar-refractivity contribution < 1.29 is 18.9 Å². The van der Waals surface area contributed by atoms with Crippen LogP contribution in [0.4, 0.5) is 5.95 Å². The molecule has 0 radical (unpaired) electrons. The highest BCUT2D eigenvalue weighted by atomic mass is 32.1. The molecule has 3 aromatic heterocycles. The molecule has 162 valence electrons. The van der Waals surface area contributed by atoms with E-state index in [0.29, 0.717) is 29.6 Å². The maximum atomic E-state index is 5.49. The zero-order chi connectivity index (χ0) is 21.9. The Morgan fingerprint density at radius 1 is 1.00 bits per heavy atom. The summed E-state index contributed by atoms with van der Waals surface area (Å²) in [6, 6.07) is 8.05. The molecule has 0 fully saturated rings. The monoisotopic (exact) mass is 449 g/mol. The van der Waals surface area contributed by atoms with Gasteiger partial charge in [-0.05, 0) is 40.1 Å². The number of benzene rings is 1. The molecule has 0 aliphatic carbocycles. The third kappa shape index (κ3) is 3.87. The normalized spacial score (nSPS) is 11.9. The van der Waals surface area contributed by atoms with Gasteiger partial charge in [-0.15, -0.1) is 0 Å². The maximum Gasteiger partial charge on any atom is 0.319 e. The molecule has 0 saturated carbocycles. The van der Waals surface area contributed by atoms with E-state index in [-0.39, 0.29) is 12.8 Å². The number of nitrogens with one attached hydrogen (secondary N) is 1. The van der Waals surface area contributed by atoms with Crippen molar-refractivity contribution >= 4 is 17.3 Å². The van der Waals surface area contributed by atoms with Crippen LogP contribution in [0, 0.1) is 0 Å². The second-order valence-electron chi connectivity index (χ2n) is 6.79. The van der Waals surface area contributed by atoms with Gasteiger partial charge in [-0.25, -0.2) is 15.0 Å². The molecule has 1 aliphatic heterocycles.